The Labute approximate surface area is 248 Å². The van der Waals surface area contributed by atoms with Crippen LogP contribution in [0.4, 0.5) is 5.69 Å². The van der Waals surface area contributed by atoms with E-state index in [1.54, 1.807) is 29.2 Å². The lowest BCUT2D eigenvalue weighted by Gasteiger charge is -2.35. The van der Waals surface area contributed by atoms with E-state index in [0.29, 0.717) is 17.1 Å². The van der Waals surface area contributed by atoms with Gasteiger partial charge >= 0.3 is 0 Å². The number of nitrogens with zero attached hydrogens (tertiary/aromatic N) is 2. The molecule has 0 radical (unpaired) electrons. The number of halogens is 1. The molecule has 41 heavy (non-hydrogen) atoms. The Morgan fingerprint density at radius 1 is 0.927 bits per heavy atom. The average molecular weight is 596 g/mol. The normalized spacial score (nSPS) is 14.7. The predicted molar refractivity (Wildman–Crippen MR) is 164 cm³/mol. The molecule has 218 valence electrons. The van der Waals surface area contributed by atoms with Crippen molar-refractivity contribution >= 4 is 39.1 Å². The van der Waals surface area contributed by atoms with Crippen molar-refractivity contribution in [2.75, 3.05) is 17.1 Å². The van der Waals surface area contributed by atoms with Crippen LogP contribution >= 0.6 is 11.6 Å². The summed E-state index contributed by atoms with van der Waals surface area (Å²) in [6.07, 6.45) is 6.47. The summed E-state index contributed by atoms with van der Waals surface area (Å²) in [5.74, 6) is -0.687. The van der Waals surface area contributed by atoms with Gasteiger partial charge in [0.15, 0.2) is 0 Å². The molecule has 0 spiro atoms. The van der Waals surface area contributed by atoms with Crippen molar-refractivity contribution in [1.82, 2.24) is 10.2 Å². The van der Waals surface area contributed by atoms with Gasteiger partial charge in [-0.3, -0.25) is 13.9 Å². The van der Waals surface area contributed by atoms with Crippen LogP contribution in [0.15, 0.2) is 78.9 Å². The molecule has 3 aromatic rings. The van der Waals surface area contributed by atoms with Crippen LogP contribution in [0.5, 0.6) is 0 Å². The monoisotopic (exact) mass is 595 g/mol. The van der Waals surface area contributed by atoms with E-state index in [2.05, 4.69) is 5.32 Å². The standard InChI is InChI=1S/C32H38ClN3O4S/c1-24-11-9-10-14-26(24)22-35(31(37)23-36(41(2,39)40)29-19-17-27(33)18-20-29)30(21-25-12-5-3-6-13-25)32(38)34-28-15-7-4-8-16-28/h3,5-6,9-14,17-20,28,30H,4,7-8,15-16,21-23H2,1-2H3,(H,34,38)/t30-/m1/s1. The molecule has 7 nitrogen and oxygen atoms in total. The molecule has 1 saturated carbocycles. The largest absolute Gasteiger partial charge is 0.352 e. The molecule has 4 rings (SSSR count). The van der Waals surface area contributed by atoms with Crippen molar-refractivity contribution in [2.24, 2.45) is 0 Å². The molecular formula is C32H38ClN3O4S. The molecule has 2 amide bonds. The summed E-state index contributed by atoms with van der Waals surface area (Å²) < 4.78 is 26.8. The van der Waals surface area contributed by atoms with E-state index >= 15 is 0 Å². The molecule has 1 aliphatic carbocycles. The Kier molecular flexibility index (Phi) is 10.5. The number of nitrogens with one attached hydrogen (secondary N) is 1. The molecule has 0 aliphatic heterocycles. The van der Waals surface area contributed by atoms with Gasteiger partial charge in [0.2, 0.25) is 21.8 Å². The van der Waals surface area contributed by atoms with Crippen LogP contribution in [0.1, 0.15) is 48.8 Å². The molecule has 1 N–H and O–H groups in total. The Morgan fingerprint density at radius 3 is 2.20 bits per heavy atom. The van der Waals surface area contributed by atoms with Crippen molar-refractivity contribution in [1.29, 1.82) is 0 Å². The van der Waals surface area contributed by atoms with Gasteiger partial charge in [0.05, 0.1) is 11.9 Å². The quantitative estimate of drug-likeness (QED) is 0.317. The second-order valence-electron chi connectivity index (χ2n) is 10.7. The summed E-state index contributed by atoms with van der Waals surface area (Å²) in [5, 5.41) is 3.67. The zero-order valence-corrected chi connectivity index (χ0v) is 25.2. The fraction of sp³-hybridized carbons (Fsp3) is 0.375. The van der Waals surface area contributed by atoms with Crippen molar-refractivity contribution in [2.45, 2.75) is 64.1 Å². The Hall–Kier alpha value is -3.36. The third kappa shape index (κ3) is 8.57. The number of amides is 2. The lowest BCUT2D eigenvalue weighted by molar-refractivity contribution is -0.140. The molecule has 0 bridgehead atoms. The number of carbonyl (C=O) groups excluding carboxylic acids is 2. The highest BCUT2D eigenvalue weighted by atomic mass is 35.5. The Bertz CT molecular complexity index is 1420. The summed E-state index contributed by atoms with van der Waals surface area (Å²) in [5.41, 5.74) is 3.11. The number of hydrogen-bond donors (Lipinski definition) is 1. The summed E-state index contributed by atoms with van der Waals surface area (Å²) in [6, 6.07) is 22.9. The van der Waals surface area contributed by atoms with Gasteiger partial charge in [0, 0.05) is 24.0 Å². The number of sulfonamides is 1. The summed E-state index contributed by atoms with van der Waals surface area (Å²) in [4.78, 5) is 29.7. The highest BCUT2D eigenvalue weighted by Crippen LogP contribution is 2.24. The first-order valence-electron chi connectivity index (χ1n) is 14.0. The van der Waals surface area contributed by atoms with Crippen LogP contribution in [0, 0.1) is 6.92 Å². The molecule has 1 atom stereocenters. The van der Waals surface area contributed by atoms with E-state index in [-0.39, 0.29) is 18.5 Å². The smallest absolute Gasteiger partial charge is 0.244 e. The number of rotatable bonds is 11. The third-order valence-corrected chi connectivity index (χ3v) is 9.01. The molecule has 0 heterocycles. The van der Waals surface area contributed by atoms with Gasteiger partial charge in [-0.25, -0.2) is 8.42 Å². The molecule has 0 unspecified atom stereocenters. The number of aryl methyl sites for hydroxylation is 1. The maximum absolute atomic E-state index is 14.2. The zero-order chi connectivity index (χ0) is 29.4. The van der Waals surface area contributed by atoms with Crippen molar-refractivity contribution in [3.63, 3.8) is 0 Å². The second-order valence-corrected chi connectivity index (χ2v) is 13.1. The first-order chi connectivity index (χ1) is 19.6. The maximum Gasteiger partial charge on any atom is 0.244 e. The van der Waals surface area contributed by atoms with Crippen LogP contribution in [-0.4, -0.2) is 50.0 Å². The number of carbonyl (C=O) groups is 2. The molecule has 1 fully saturated rings. The highest BCUT2D eigenvalue weighted by Gasteiger charge is 2.34. The van der Waals surface area contributed by atoms with Gasteiger partial charge < -0.3 is 10.2 Å². The van der Waals surface area contributed by atoms with Crippen LogP contribution in [-0.2, 0) is 32.6 Å². The summed E-state index contributed by atoms with van der Waals surface area (Å²) in [7, 11) is -3.83. The van der Waals surface area contributed by atoms with E-state index in [4.69, 9.17) is 11.6 Å². The highest BCUT2D eigenvalue weighted by molar-refractivity contribution is 7.92. The SMILES string of the molecule is Cc1ccccc1CN(C(=O)CN(c1ccc(Cl)cc1)S(C)(=O)=O)[C@H](Cc1ccccc1)C(=O)NC1CCCCC1. The van der Waals surface area contributed by atoms with Crippen LogP contribution in [0.3, 0.4) is 0 Å². The molecule has 9 heteroatoms. The third-order valence-electron chi connectivity index (χ3n) is 7.62. The van der Waals surface area contributed by atoms with Crippen molar-refractivity contribution in [3.8, 4) is 0 Å². The first kappa shape index (κ1) is 30.6. The van der Waals surface area contributed by atoms with E-state index in [9.17, 15) is 18.0 Å². The number of anilines is 1. The van der Waals surface area contributed by atoms with E-state index < -0.39 is 28.5 Å². The fourth-order valence-electron chi connectivity index (χ4n) is 5.29. The zero-order valence-electron chi connectivity index (χ0n) is 23.6. The lowest BCUT2D eigenvalue weighted by atomic mass is 9.94. The van der Waals surface area contributed by atoms with Gasteiger partial charge in [-0.05, 0) is 60.7 Å². The average Bonchev–Trinajstić information content (AvgIpc) is 2.95. The van der Waals surface area contributed by atoms with Gasteiger partial charge in [-0.15, -0.1) is 0 Å². The molecule has 0 aromatic heterocycles. The van der Waals surface area contributed by atoms with E-state index in [1.165, 1.54) is 0 Å². The second kappa shape index (κ2) is 14.0. The van der Waals surface area contributed by atoms with Gasteiger partial charge in [0.25, 0.3) is 0 Å². The van der Waals surface area contributed by atoms with Crippen LogP contribution < -0.4 is 9.62 Å². The summed E-state index contributed by atoms with van der Waals surface area (Å²) in [6.45, 7) is 1.68. The van der Waals surface area contributed by atoms with Crippen LogP contribution in [0.2, 0.25) is 5.02 Å². The predicted octanol–water partition coefficient (Wildman–Crippen LogP) is 5.50. The van der Waals surface area contributed by atoms with Gasteiger partial charge in [0.1, 0.15) is 12.6 Å². The first-order valence-corrected chi connectivity index (χ1v) is 16.3. The van der Waals surface area contributed by atoms with E-state index in [0.717, 1.165) is 59.4 Å². The minimum absolute atomic E-state index is 0.0616. The fourth-order valence-corrected chi connectivity index (χ4v) is 6.27. The number of benzene rings is 3. The van der Waals surface area contributed by atoms with Crippen LogP contribution in [0.25, 0.3) is 0 Å². The minimum atomic E-state index is -3.83. The Morgan fingerprint density at radius 2 is 1.56 bits per heavy atom. The van der Waals surface area contributed by atoms with Crippen molar-refractivity contribution < 1.29 is 18.0 Å². The van der Waals surface area contributed by atoms with Gasteiger partial charge in [-0.1, -0.05) is 85.5 Å². The van der Waals surface area contributed by atoms with E-state index in [1.807, 2.05) is 61.5 Å². The number of hydrogen-bond acceptors (Lipinski definition) is 4. The molecule has 3 aromatic carbocycles. The maximum atomic E-state index is 14.2. The summed E-state index contributed by atoms with van der Waals surface area (Å²) >= 11 is 6.04. The minimum Gasteiger partial charge on any atom is -0.352 e. The molecular weight excluding hydrogens is 558 g/mol. The van der Waals surface area contributed by atoms with Crippen molar-refractivity contribution in [3.05, 3.63) is 101 Å². The molecule has 0 saturated heterocycles. The molecule has 1 aliphatic rings. The Balaban J connectivity index is 1.72. The van der Waals surface area contributed by atoms with Gasteiger partial charge in [-0.2, -0.15) is 0 Å². The lowest BCUT2D eigenvalue weighted by Crippen LogP contribution is -2.55. The topological polar surface area (TPSA) is 86.8 Å².